The van der Waals surface area contributed by atoms with Crippen LogP contribution < -0.4 is 5.32 Å². The molecule has 1 heterocycles. The molecule has 1 unspecified atom stereocenters. The fraction of sp³-hybridized carbons (Fsp3) is 1.00. The van der Waals surface area contributed by atoms with E-state index >= 15 is 0 Å². The van der Waals surface area contributed by atoms with Gasteiger partial charge in [0.05, 0.1) is 19.8 Å². The Balaban J connectivity index is 0.00000121. The second-order valence-corrected chi connectivity index (χ2v) is 2.93. The van der Waals surface area contributed by atoms with Crippen LogP contribution in [0.4, 0.5) is 0 Å². The Hall–Kier alpha value is 0.170. The van der Waals surface area contributed by atoms with Crippen LogP contribution in [-0.4, -0.2) is 40.0 Å². The maximum atomic E-state index is 5.39. The number of methoxy groups -OCH3 is 1. The van der Waals surface area contributed by atoms with Gasteiger partial charge in [0.1, 0.15) is 0 Å². The molecule has 74 valence electrons. The molecule has 0 aromatic rings. The molecular formula is C8H18ClNO2. The van der Waals surface area contributed by atoms with Crippen molar-refractivity contribution in [1.29, 1.82) is 0 Å². The highest BCUT2D eigenvalue weighted by molar-refractivity contribution is 5.85. The first kappa shape index (κ1) is 12.2. The molecule has 0 amide bonds. The van der Waals surface area contributed by atoms with Gasteiger partial charge in [-0.3, -0.25) is 0 Å². The molecule has 1 atom stereocenters. The van der Waals surface area contributed by atoms with Gasteiger partial charge < -0.3 is 14.8 Å². The Morgan fingerprint density at radius 1 is 1.42 bits per heavy atom. The van der Waals surface area contributed by atoms with Crippen LogP contribution in [0.3, 0.4) is 0 Å². The van der Waals surface area contributed by atoms with Crippen LogP contribution in [0.1, 0.15) is 6.42 Å². The lowest BCUT2D eigenvalue weighted by atomic mass is 10.1. The summed E-state index contributed by atoms with van der Waals surface area (Å²) in [5.41, 5.74) is 0. The lowest BCUT2D eigenvalue weighted by Gasteiger charge is -2.08. The van der Waals surface area contributed by atoms with Gasteiger partial charge >= 0.3 is 0 Å². The van der Waals surface area contributed by atoms with Crippen molar-refractivity contribution >= 4 is 12.4 Å². The second-order valence-electron chi connectivity index (χ2n) is 2.93. The number of halogens is 1. The third-order valence-corrected chi connectivity index (χ3v) is 1.95. The van der Waals surface area contributed by atoms with E-state index in [4.69, 9.17) is 9.47 Å². The van der Waals surface area contributed by atoms with E-state index in [1.807, 2.05) is 0 Å². The molecule has 1 rings (SSSR count). The van der Waals surface area contributed by atoms with E-state index in [0.29, 0.717) is 6.61 Å². The molecule has 1 saturated heterocycles. The maximum Gasteiger partial charge on any atom is 0.0700 e. The molecule has 1 aliphatic rings. The van der Waals surface area contributed by atoms with Gasteiger partial charge in [-0.05, 0) is 18.9 Å². The molecule has 0 aromatic heterocycles. The molecule has 0 aliphatic carbocycles. The van der Waals surface area contributed by atoms with Crippen molar-refractivity contribution < 1.29 is 9.47 Å². The van der Waals surface area contributed by atoms with E-state index in [9.17, 15) is 0 Å². The fourth-order valence-corrected chi connectivity index (χ4v) is 1.25. The Morgan fingerprint density at radius 3 is 2.83 bits per heavy atom. The predicted molar refractivity (Wildman–Crippen MR) is 50.9 cm³/mol. The van der Waals surface area contributed by atoms with Crippen LogP contribution in [0.25, 0.3) is 0 Å². The standard InChI is InChI=1S/C8H17NO2.ClH/c1-10-4-5-11-7-8-2-3-9-6-8;/h8-9H,2-7H2,1H3;1H. The number of ether oxygens (including phenoxy) is 2. The molecule has 3 nitrogen and oxygen atoms in total. The summed E-state index contributed by atoms with van der Waals surface area (Å²) >= 11 is 0. The minimum Gasteiger partial charge on any atom is -0.382 e. The summed E-state index contributed by atoms with van der Waals surface area (Å²) in [4.78, 5) is 0. The van der Waals surface area contributed by atoms with E-state index in [1.54, 1.807) is 7.11 Å². The van der Waals surface area contributed by atoms with Gasteiger partial charge in [0, 0.05) is 13.7 Å². The molecule has 12 heavy (non-hydrogen) atoms. The molecule has 1 N–H and O–H groups in total. The number of hydrogen-bond acceptors (Lipinski definition) is 3. The monoisotopic (exact) mass is 195 g/mol. The summed E-state index contributed by atoms with van der Waals surface area (Å²) in [5.74, 6) is 0.729. The molecule has 0 aromatic carbocycles. The average molecular weight is 196 g/mol. The van der Waals surface area contributed by atoms with E-state index in [1.165, 1.54) is 6.42 Å². The molecule has 1 aliphatic heterocycles. The topological polar surface area (TPSA) is 30.5 Å². The molecule has 4 heteroatoms. The molecule has 0 radical (unpaired) electrons. The molecule has 0 spiro atoms. The van der Waals surface area contributed by atoms with Crippen molar-refractivity contribution in [3.63, 3.8) is 0 Å². The van der Waals surface area contributed by atoms with Gasteiger partial charge in [0.15, 0.2) is 0 Å². The van der Waals surface area contributed by atoms with Gasteiger partial charge in [0.2, 0.25) is 0 Å². The Bertz CT molecular complexity index is 97.1. The van der Waals surface area contributed by atoms with E-state index in [0.717, 1.165) is 32.2 Å². The van der Waals surface area contributed by atoms with Gasteiger partial charge in [0.25, 0.3) is 0 Å². The molecular weight excluding hydrogens is 178 g/mol. The summed E-state index contributed by atoms with van der Waals surface area (Å²) in [6.45, 7) is 4.59. The summed E-state index contributed by atoms with van der Waals surface area (Å²) < 4.78 is 10.3. The largest absolute Gasteiger partial charge is 0.382 e. The maximum absolute atomic E-state index is 5.39. The minimum atomic E-state index is 0. The van der Waals surface area contributed by atoms with Crippen LogP contribution in [-0.2, 0) is 9.47 Å². The summed E-state index contributed by atoms with van der Waals surface area (Å²) in [6, 6.07) is 0. The van der Waals surface area contributed by atoms with Gasteiger partial charge in [-0.25, -0.2) is 0 Å². The van der Waals surface area contributed by atoms with Crippen molar-refractivity contribution in [2.75, 3.05) is 40.0 Å². The number of rotatable bonds is 5. The highest BCUT2D eigenvalue weighted by atomic mass is 35.5. The molecule has 1 fully saturated rings. The molecule has 0 saturated carbocycles. The Kier molecular flexibility index (Phi) is 7.91. The quantitative estimate of drug-likeness (QED) is 0.655. The Labute approximate surface area is 80.2 Å². The van der Waals surface area contributed by atoms with Crippen LogP contribution in [0.15, 0.2) is 0 Å². The van der Waals surface area contributed by atoms with Crippen LogP contribution in [0.5, 0.6) is 0 Å². The lowest BCUT2D eigenvalue weighted by molar-refractivity contribution is 0.0546. The van der Waals surface area contributed by atoms with E-state index < -0.39 is 0 Å². The smallest absolute Gasteiger partial charge is 0.0700 e. The first-order chi connectivity index (χ1) is 5.43. The van der Waals surface area contributed by atoms with E-state index in [-0.39, 0.29) is 12.4 Å². The van der Waals surface area contributed by atoms with Gasteiger partial charge in [-0.2, -0.15) is 0 Å². The van der Waals surface area contributed by atoms with Crippen LogP contribution >= 0.6 is 12.4 Å². The van der Waals surface area contributed by atoms with Crippen molar-refractivity contribution in [1.82, 2.24) is 5.32 Å². The zero-order valence-corrected chi connectivity index (χ0v) is 8.36. The minimum absolute atomic E-state index is 0. The first-order valence-electron chi connectivity index (χ1n) is 4.21. The predicted octanol–water partition coefficient (Wildman–Crippen LogP) is 0.681. The third kappa shape index (κ3) is 4.93. The zero-order valence-electron chi connectivity index (χ0n) is 7.54. The highest BCUT2D eigenvalue weighted by Gasteiger charge is 2.13. The van der Waals surface area contributed by atoms with Crippen molar-refractivity contribution in [3.05, 3.63) is 0 Å². The molecule has 0 bridgehead atoms. The number of nitrogens with one attached hydrogen (secondary N) is 1. The SMILES string of the molecule is COCCOCC1CCNC1.Cl. The Morgan fingerprint density at radius 2 is 2.25 bits per heavy atom. The average Bonchev–Trinajstić information content (AvgIpc) is 2.50. The van der Waals surface area contributed by atoms with E-state index in [2.05, 4.69) is 5.32 Å². The van der Waals surface area contributed by atoms with Crippen molar-refractivity contribution in [2.24, 2.45) is 5.92 Å². The normalized spacial score (nSPS) is 22.2. The van der Waals surface area contributed by atoms with Gasteiger partial charge in [-0.1, -0.05) is 0 Å². The van der Waals surface area contributed by atoms with Crippen LogP contribution in [0.2, 0.25) is 0 Å². The third-order valence-electron chi connectivity index (χ3n) is 1.95. The zero-order chi connectivity index (χ0) is 7.94. The first-order valence-corrected chi connectivity index (χ1v) is 4.21. The lowest BCUT2D eigenvalue weighted by Crippen LogP contribution is -2.15. The summed E-state index contributed by atoms with van der Waals surface area (Å²) in [7, 11) is 1.69. The number of hydrogen-bond donors (Lipinski definition) is 1. The second kappa shape index (κ2) is 7.80. The van der Waals surface area contributed by atoms with Crippen LogP contribution in [0, 0.1) is 5.92 Å². The summed E-state index contributed by atoms with van der Waals surface area (Å²) in [5, 5.41) is 3.30. The highest BCUT2D eigenvalue weighted by Crippen LogP contribution is 2.06. The van der Waals surface area contributed by atoms with Crippen molar-refractivity contribution in [3.8, 4) is 0 Å². The summed E-state index contributed by atoms with van der Waals surface area (Å²) in [6.07, 6.45) is 1.26. The van der Waals surface area contributed by atoms with Gasteiger partial charge in [-0.15, -0.1) is 12.4 Å². The fourth-order valence-electron chi connectivity index (χ4n) is 1.25. The van der Waals surface area contributed by atoms with Crippen molar-refractivity contribution in [2.45, 2.75) is 6.42 Å².